The lowest BCUT2D eigenvalue weighted by atomic mass is 9.96. The molecule has 1 aliphatic rings. The summed E-state index contributed by atoms with van der Waals surface area (Å²) in [5.74, 6) is 0.714. The van der Waals surface area contributed by atoms with E-state index in [-0.39, 0.29) is 5.91 Å². The van der Waals surface area contributed by atoms with E-state index < -0.39 is 0 Å². The van der Waals surface area contributed by atoms with E-state index >= 15 is 0 Å². The maximum absolute atomic E-state index is 12.3. The zero-order valence-corrected chi connectivity index (χ0v) is 15.0. The molecule has 0 atom stereocenters. The number of H-pyrrole nitrogens is 1. The molecule has 4 nitrogen and oxygen atoms in total. The molecule has 2 N–H and O–H groups in total. The van der Waals surface area contributed by atoms with Crippen LogP contribution in [0, 0.1) is 5.92 Å². The summed E-state index contributed by atoms with van der Waals surface area (Å²) in [6, 6.07) is 5.73. The molecule has 0 unspecified atom stereocenters. The molecule has 0 radical (unpaired) electrons. The summed E-state index contributed by atoms with van der Waals surface area (Å²) in [5, 5.41) is 4.89. The molecule has 5 heteroatoms. The van der Waals surface area contributed by atoms with Gasteiger partial charge in [0.1, 0.15) is 0 Å². The van der Waals surface area contributed by atoms with Gasteiger partial charge in [-0.1, -0.05) is 24.6 Å². The van der Waals surface area contributed by atoms with Crippen LogP contribution < -0.4 is 5.32 Å². The molecular weight excluding hydrogens is 322 g/mol. The molecule has 2 heterocycles. The zero-order chi connectivity index (χ0) is 16.9. The van der Waals surface area contributed by atoms with Gasteiger partial charge in [-0.2, -0.15) is 0 Å². The second-order valence-electron chi connectivity index (χ2n) is 6.77. The number of nitrogens with one attached hydrogen (secondary N) is 2. The fourth-order valence-corrected chi connectivity index (χ4v) is 3.70. The van der Waals surface area contributed by atoms with E-state index in [0.29, 0.717) is 17.4 Å². The average molecular weight is 348 g/mol. The molecular formula is C19H26ClN3O. The van der Waals surface area contributed by atoms with Crippen molar-refractivity contribution in [3.63, 3.8) is 0 Å². The van der Waals surface area contributed by atoms with E-state index in [4.69, 9.17) is 11.6 Å². The monoisotopic (exact) mass is 347 g/mol. The standard InChI is InChI=1S/C19H26ClN3O/c1-2-7-23-8-5-14(6-9-23)12-22-19(24)10-15-13-21-18-11-16(20)3-4-17(15)18/h3-4,11,13-14,21H,2,5-10,12H2,1H3,(H,22,24). The van der Waals surface area contributed by atoms with E-state index in [9.17, 15) is 4.79 Å². The third-order valence-corrected chi connectivity index (χ3v) is 5.15. The topological polar surface area (TPSA) is 48.1 Å². The van der Waals surface area contributed by atoms with Crippen molar-refractivity contribution < 1.29 is 4.79 Å². The first-order valence-corrected chi connectivity index (χ1v) is 9.28. The number of likely N-dealkylation sites (tertiary alicyclic amines) is 1. The summed E-state index contributed by atoms with van der Waals surface area (Å²) >= 11 is 6.00. The van der Waals surface area contributed by atoms with Crippen molar-refractivity contribution in [3.05, 3.63) is 35.0 Å². The Morgan fingerprint density at radius 2 is 2.17 bits per heavy atom. The van der Waals surface area contributed by atoms with Crippen LogP contribution in [0.3, 0.4) is 0 Å². The number of hydrogen-bond donors (Lipinski definition) is 2. The first-order chi connectivity index (χ1) is 11.7. The molecule has 0 spiro atoms. The highest BCUT2D eigenvalue weighted by Gasteiger charge is 2.19. The Balaban J connectivity index is 1.47. The van der Waals surface area contributed by atoms with Crippen LogP contribution in [-0.2, 0) is 11.2 Å². The van der Waals surface area contributed by atoms with Crippen LogP contribution >= 0.6 is 11.6 Å². The molecule has 0 bridgehead atoms. The molecule has 24 heavy (non-hydrogen) atoms. The first kappa shape index (κ1) is 17.3. The maximum Gasteiger partial charge on any atom is 0.224 e. The van der Waals surface area contributed by atoms with Gasteiger partial charge >= 0.3 is 0 Å². The normalized spacial score (nSPS) is 16.6. The predicted molar refractivity (Wildman–Crippen MR) is 99.5 cm³/mol. The number of amides is 1. The molecule has 1 aromatic heterocycles. The highest BCUT2D eigenvalue weighted by Crippen LogP contribution is 2.22. The highest BCUT2D eigenvalue weighted by atomic mass is 35.5. The number of aromatic nitrogens is 1. The van der Waals surface area contributed by atoms with E-state index in [1.807, 2.05) is 24.4 Å². The van der Waals surface area contributed by atoms with Crippen molar-refractivity contribution in [1.29, 1.82) is 0 Å². The van der Waals surface area contributed by atoms with E-state index in [1.165, 1.54) is 25.8 Å². The molecule has 130 valence electrons. The number of nitrogens with zero attached hydrogens (tertiary/aromatic N) is 1. The zero-order valence-electron chi connectivity index (χ0n) is 14.3. The van der Waals surface area contributed by atoms with Crippen molar-refractivity contribution >= 4 is 28.4 Å². The lowest BCUT2D eigenvalue weighted by Crippen LogP contribution is -2.39. The van der Waals surface area contributed by atoms with Gasteiger partial charge in [-0.15, -0.1) is 0 Å². The van der Waals surface area contributed by atoms with Gasteiger partial charge in [0.05, 0.1) is 6.42 Å². The largest absolute Gasteiger partial charge is 0.361 e. The smallest absolute Gasteiger partial charge is 0.224 e. The third-order valence-electron chi connectivity index (χ3n) is 4.92. The van der Waals surface area contributed by atoms with E-state index in [2.05, 4.69) is 22.1 Å². The van der Waals surface area contributed by atoms with Crippen molar-refractivity contribution in [3.8, 4) is 0 Å². The molecule has 1 aromatic carbocycles. The predicted octanol–water partition coefficient (Wildman–Crippen LogP) is 3.60. The minimum absolute atomic E-state index is 0.0989. The average Bonchev–Trinajstić information content (AvgIpc) is 2.96. The number of aromatic amines is 1. The summed E-state index contributed by atoms with van der Waals surface area (Å²) in [7, 11) is 0. The van der Waals surface area contributed by atoms with Crippen molar-refractivity contribution in [2.45, 2.75) is 32.6 Å². The fraction of sp³-hybridized carbons (Fsp3) is 0.526. The molecule has 1 saturated heterocycles. The van der Waals surface area contributed by atoms with Gasteiger partial charge in [0.25, 0.3) is 0 Å². The van der Waals surface area contributed by atoms with Crippen LogP contribution in [0.25, 0.3) is 10.9 Å². The number of carbonyl (C=O) groups is 1. The summed E-state index contributed by atoms with van der Waals surface area (Å²) < 4.78 is 0. The number of halogens is 1. The van der Waals surface area contributed by atoms with Crippen LogP contribution in [0.1, 0.15) is 31.7 Å². The Labute approximate surface area is 148 Å². The second-order valence-corrected chi connectivity index (χ2v) is 7.21. The Bertz CT molecular complexity index is 689. The van der Waals surface area contributed by atoms with Crippen molar-refractivity contribution in [2.75, 3.05) is 26.2 Å². The molecule has 1 amide bonds. The van der Waals surface area contributed by atoms with Crippen LogP contribution in [0.2, 0.25) is 5.02 Å². The number of fused-ring (bicyclic) bond motifs is 1. The summed E-state index contributed by atoms with van der Waals surface area (Å²) in [6.07, 6.45) is 5.91. The molecule has 1 aliphatic heterocycles. The Morgan fingerprint density at radius 3 is 2.92 bits per heavy atom. The fourth-order valence-electron chi connectivity index (χ4n) is 3.53. The van der Waals surface area contributed by atoms with Crippen molar-refractivity contribution in [1.82, 2.24) is 15.2 Å². The molecule has 3 rings (SSSR count). The highest BCUT2D eigenvalue weighted by molar-refractivity contribution is 6.31. The van der Waals surface area contributed by atoms with Crippen LogP contribution in [0.4, 0.5) is 0 Å². The number of benzene rings is 1. The number of rotatable bonds is 6. The quantitative estimate of drug-likeness (QED) is 0.838. The van der Waals surface area contributed by atoms with Crippen LogP contribution in [0.5, 0.6) is 0 Å². The Hall–Kier alpha value is -1.52. The summed E-state index contributed by atoms with van der Waals surface area (Å²) in [6.45, 7) is 6.55. The lowest BCUT2D eigenvalue weighted by Gasteiger charge is -2.31. The minimum atomic E-state index is 0.0989. The van der Waals surface area contributed by atoms with Gasteiger partial charge in [-0.05, 0) is 62.5 Å². The number of piperidine rings is 1. The molecule has 1 fully saturated rings. The molecule has 0 aliphatic carbocycles. The second kappa shape index (κ2) is 8.04. The van der Waals surface area contributed by atoms with Gasteiger partial charge < -0.3 is 15.2 Å². The maximum atomic E-state index is 12.3. The number of carbonyl (C=O) groups excluding carboxylic acids is 1. The summed E-state index contributed by atoms with van der Waals surface area (Å²) in [5.41, 5.74) is 2.01. The summed E-state index contributed by atoms with van der Waals surface area (Å²) in [4.78, 5) is 18.0. The lowest BCUT2D eigenvalue weighted by molar-refractivity contribution is -0.120. The molecule has 0 saturated carbocycles. The van der Waals surface area contributed by atoms with Gasteiger partial charge in [0.2, 0.25) is 5.91 Å². The SMILES string of the molecule is CCCN1CCC(CNC(=O)Cc2c[nH]c3cc(Cl)ccc23)CC1. The van der Waals surface area contributed by atoms with Crippen LogP contribution in [-0.4, -0.2) is 42.0 Å². The van der Waals surface area contributed by atoms with Gasteiger partial charge in [0.15, 0.2) is 0 Å². The van der Waals surface area contributed by atoms with Gasteiger partial charge in [0, 0.05) is 28.7 Å². The molecule has 2 aromatic rings. The number of hydrogen-bond acceptors (Lipinski definition) is 2. The van der Waals surface area contributed by atoms with E-state index in [0.717, 1.165) is 36.1 Å². The van der Waals surface area contributed by atoms with Crippen LogP contribution in [0.15, 0.2) is 24.4 Å². The first-order valence-electron chi connectivity index (χ1n) is 8.90. The Kier molecular flexibility index (Phi) is 5.80. The van der Waals surface area contributed by atoms with E-state index in [1.54, 1.807) is 0 Å². The van der Waals surface area contributed by atoms with Crippen molar-refractivity contribution in [2.24, 2.45) is 5.92 Å². The third kappa shape index (κ3) is 4.31. The minimum Gasteiger partial charge on any atom is -0.361 e. The van der Waals surface area contributed by atoms with Gasteiger partial charge in [-0.25, -0.2) is 0 Å². The Morgan fingerprint density at radius 1 is 1.38 bits per heavy atom. The van der Waals surface area contributed by atoms with Gasteiger partial charge in [-0.3, -0.25) is 4.79 Å².